The van der Waals surface area contributed by atoms with Gasteiger partial charge in [0.05, 0.1) is 5.69 Å². The summed E-state index contributed by atoms with van der Waals surface area (Å²) in [6, 6.07) is 7.45. The van der Waals surface area contributed by atoms with E-state index in [4.69, 9.17) is 4.98 Å². The average molecular weight is 377 g/mol. The molecular formula is C17H17BrN2OS. The van der Waals surface area contributed by atoms with E-state index in [9.17, 15) is 4.79 Å². The highest BCUT2D eigenvalue weighted by Crippen LogP contribution is 2.32. The largest absolute Gasteiger partial charge is 0.280 e. The standard InChI is InChI=1S/C17H17BrN2OS/c1-2-10-20(16(21)12-6-5-7-13(18)11-12)17-19-14-8-3-4-9-15(14)22-17/h2,5-7,11H,1,3-4,8-10H2. The molecule has 0 bridgehead atoms. The number of hydrogen-bond donors (Lipinski definition) is 0. The molecule has 0 N–H and O–H groups in total. The molecule has 1 amide bonds. The summed E-state index contributed by atoms with van der Waals surface area (Å²) in [5.74, 6) is -0.0349. The van der Waals surface area contributed by atoms with Crippen molar-refractivity contribution in [3.05, 3.63) is 57.5 Å². The van der Waals surface area contributed by atoms with Crippen molar-refractivity contribution in [2.45, 2.75) is 25.7 Å². The van der Waals surface area contributed by atoms with Crippen LogP contribution in [-0.4, -0.2) is 17.4 Å². The Morgan fingerprint density at radius 2 is 2.23 bits per heavy atom. The van der Waals surface area contributed by atoms with E-state index < -0.39 is 0 Å². The van der Waals surface area contributed by atoms with Crippen LogP contribution in [0, 0.1) is 0 Å². The van der Waals surface area contributed by atoms with E-state index in [0.29, 0.717) is 12.1 Å². The van der Waals surface area contributed by atoms with Crippen LogP contribution in [0.1, 0.15) is 33.8 Å². The Morgan fingerprint density at radius 1 is 1.41 bits per heavy atom. The molecular weight excluding hydrogens is 360 g/mol. The topological polar surface area (TPSA) is 33.2 Å². The second-order valence-electron chi connectivity index (χ2n) is 5.29. The van der Waals surface area contributed by atoms with Gasteiger partial charge in [-0.1, -0.05) is 28.1 Å². The highest BCUT2D eigenvalue weighted by atomic mass is 79.9. The fourth-order valence-corrected chi connectivity index (χ4v) is 4.16. The van der Waals surface area contributed by atoms with Crippen LogP contribution < -0.4 is 4.90 Å². The Bertz CT molecular complexity index is 687. The summed E-state index contributed by atoms with van der Waals surface area (Å²) in [7, 11) is 0. The first-order valence-corrected chi connectivity index (χ1v) is 8.97. The summed E-state index contributed by atoms with van der Waals surface area (Å²) < 4.78 is 0.898. The first-order valence-electron chi connectivity index (χ1n) is 7.36. The van der Waals surface area contributed by atoms with E-state index >= 15 is 0 Å². The summed E-state index contributed by atoms with van der Waals surface area (Å²) in [4.78, 5) is 20.6. The van der Waals surface area contributed by atoms with Gasteiger partial charge in [0.1, 0.15) is 0 Å². The van der Waals surface area contributed by atoms with Crippen molar-refractivity contribution >= 4 is 38.3 Å². The highest BCUT2D eigenvalue weighted by Gasteiger charge is 2.23. The van der Waals surface area contributed by atoms with Crippen LogP contribution in [0.3, 0.4) is 0 Å². The zero-order valence-electron chi connectivity index (χ0n) is 12.2. The second-order valence-corrected chi connectivity index (χ2v) is 7.27. The fraction of sp³-hybridized carbons (Fsp3) is 0.294. The predicted octanol–water partition coefficient (Wildman–Crippen LogP) is 4.62. The van der Waals surface area contributed by atoms with Crippen molar-refractivity contribution in [2.24, 2.45) is 0 Å². The maximum absolute atomic E-state index is 12.8. The predicted molar refractivity (Wildman–Crippen MR) is 94.8 cm³/mol. The third-order valence-corrected chi connectivity index (χ3v) is 5.37. The third-order valence-electron chi connectivity index (χ3n) is 3.69. The van der Waals surface area contributed by atoms with Crippen LogP contribution >= 0.6 is 27.3 Å². The van der Waals surface area contributed by atoms with Gasteiger partial charge in [-0.05, 0) is 43.9 Å². The molecule has 3 nitrogen and oxygen atoms in total. The Balaban J connectivity index is 1.93. The van der Waals surface area contributed by atoms with Crippen molar-refractivity contribution in [1.29, 1.82) is 0 Å². The summed E-state index contributed by atoms with van der Waals surface area (Å²) in [6.45, 7) is 4.25. The smallest absolute Gasteiger partial charge is 0.260 e. The molecule has 0 saturated carbocycles. The number of carbonyl (C=O) groups excluding carboxylic acids is 1. The first-order chi connectivity index (χ1) is 10.7. The molecule has 0 saturated heterocycles. The van der Waals surface area contributed by atoms with Crippen LogP contribution in [0.5, 0.6) is 0 Å². The molecule has 0 fully saturated rings. The number of fused-ring (bicyclic) bond motifs is 1. The lowest BCUT2D eigenvalue weighted by atomic mass is 10.0. The Labute approximate surface area is 142 Å². The summed E-state index contributed by atoms with van der Waals surface area (Å²) >= 11 is 5.06. The van der Waals surface area contributed by atoms with Gasteiger partial charge in [0.15, 0.2) is 5.13 Å². The average Bonchev–Trinajstić information content (AvgIpc) is 2.95. The van der Waals surface area contributed by atoms with Gasteiger partial charge in [-0.2, -0.15) is 0 Å². The zero-order chi connectivity index (χ0) is 15.5. The van der Waals surface area contributed by atoms with Crippen molar-refractivity contribution in [3.8, 4) is 0 Å². The maximum Gasteiger partial charge on any atom is 0.260 e. The fourth-order valence-electron chi connectivity index (χ4n) is 2.61. The number of aromatic nitrogens is 1. The quantitative estimate of drug-likeness (QED) is 0.729. The zero-order valence-corrected chi connectivity index (χ0v) is 14.6. The van der Waals surface area contributed by atoms with E-state index in [1.165, 1.54) is 23.4 Å². The van der Waals surface area contributed by atoms with Crippen LogP contribution in [0.25, 0.3) is 0 Å². The number of benzene rings is 1. The normalized spacial score (nSPS) is 13.5. The van der Waals surface area contributed by atoms with Gasteiger partial charge in [-0.3, -0.25) is 9.69 Å². The molecule has 5 heteroatoms. The lowest BCUT2D eigenvalue weighted by molar-refractivity contribution is 0.0989. The minimum atomic E-state index is -0.0349. The number of halogens is 1. The van der Waals surface area contributed by atoms with Gasteiger partial charge in [0, 0.05) is 21.5 Å². The number of hydrogen-bond acceptors (Lipinski definition) is 3. The van der Waals surface area contributed by atoms with E-state index in [-0.39, 0.29) is 5.91 Å². The molecule has 0 atom stereocenters. The summed E-state index contributed by atoms with van der Waals surface area (Å²) in [6.07, 6.45) is 6.27. The molecule has 1 heterocycles. The van der Waals surface area contributed by atoms with Gasteiger partial charge in [0.25, 0.3) is 5.91 Å². The number of aryl methyl sites for hydroxylation is 2. The molecule has 1 aromatic carbocycles. The Hall–Kier alpha value is -1.46. The molecule has 3 rings (SSSR count). The molecule has 0 radical (unpaired) electrons. The van der Waals surface area contributed by atoms with Gasteiger partial charge in [0.2, 0.25) is 0 Å². The number of carbonyl (C=O) groups is 1. The molecule has 1 aromatic heterocycles. The van der Waals surface area contributed by atoms with Crippen LogP contribution in [0.4, 0.5) is 5.13 Å². The highest BCUT2D eigenvalue weighted by molar-refractivity contribution is 9.10. The monoisotopic (exact) mass is 376 g/mol. The second kappa shape index (κ2) is 6.75. The molecule has 1 aliphatic carbocycles. The van der Waals surface area contributed by atoms with Crippen LogP contribution in [0.15, 0.2) is 41.4 Å². The summed E-state index contributed by atoms with van der Waals surface area (Å²) in [5.41, 5.74) is 1.83. The molecule has 22 heavy (non-hydrogen) atoms. The van der Waals surface area contributed by atoms with E-state index in [1.54, 1.807) is 22.3 Å². The van der Waals surface area contributed by atoms with Gasteiger partial charge < -0.3 is 0 Å². The van der Waals surface area contributed by atoms with E-state index in [2.05, 4.69) is 22.5 Å². The molecule has 0 aliphatic heterocycles. The number of anilines is 1. The lowest BCUT2D eigenvalue weighted by Gasteiger charge is -2.18. The van der Waals surface area contributed by atoms with Crippen LogP contribution in [0.2, 0.25) is 0 Å². The SMILES string of the molecule is C=CCN(C(=O)c1cccc(Br)c1)c1nc2c(s1)CCCC2. The van der Waals surface area contributed by atoms with Gasteiger partial charge in [-0.15, -0.1) is 17.9 Å². The van der Waals surface area contributed by atoms with Crippen molar-refractivity contribution in [2.75, 3.05) is 11.4 Å². The minimum Gasteiger partial charge on any atom is -0.280 e. The third kappa shape index (κ3) is 3.15. The van der Waals surface area contributed by atoms with Crippen molar-refractivity contribution in [3.63, 3.8) is 0 Å². The first kappa shape index (κ1) is 15.4. The number of nitrogens with zero attached hydrogens (tertiary/aromatic N) is 2. The summed E-state index contributed by atoms with van der Waals surface area (Å²) in [5, 5.41) is 0.789. The van der Waals surface area contributed by atoms with Crippen LogP contribution in [-0.2, 0) is 12.8 Å². The molecule has 0 unspecified atom stereocenters. The number of thiazole rings is 1. The minimum absolute atomic E-state index is 0.0349. The van der Waals surface area contributed by atoms with Crippen molar-refractivity contribution in [1.82, 2.24) is 4.98 Å². The van der Waals surface area contributed by atoms with Gasteiger partial charge in [-0.25, -0.2) is 4.98 Å². The lowest BCUT2D eigenvalue weighted by Crippen LogP contribution is -2.31. The number of amides is 1. The van der Waals surface area contributed by atoms with Crippen molar-refractivity contribution < 1.29 is 4.79 Å². The van der Waals surface area contributed by atoms with E-state index in [1.807, 2.05) is 24.3 Å². The maximum atomic E-state index is 12.8. The molecule has 2 aromatic rings. The number of rotatable bonds is 4. The molecule has 114 valence electrons. The van der Waals surface area contributed by atoms with Gasteiger partial charge >= 0.3 is 0 Å². The Kier molecular flexibility index (Phi) is 4.74. The van der Waals surface area contributed by atoms with E-state index in [0.717, 1.165) is 22.4 Å². The molecule has 1 aliphatic rings. The Morgan fingerprint density at radius 3 is 2.95 bits per heavy atom. The molecule has 0 spiro atoms.